The Kier molecular flexibility index (Phi) is 7.13. The Balaban J connectivity index is 1.42. The number of benzene rings is 3. The zero-order chi connectivity index (χ0) is 24.7. The minimum absolute atomic E-state index is 0.376. The quantitative estimate of drug-likeness (QED) is 0.222. The number of rotatable bonds is 10. The first-order valence-corrected chi connectivity index (χ1v) is 12.3. The molecule has 0 radical (unpaired) electrons. The van der Waals surface area contributed by atoms with Crippen molar-refractivity contribution >= 4 is 46.1 Å². The second-order valence-corrected chi connectivity index (χ2v) is 8.40. The van der Waals surface area contributed by atoms with Crippen molar-refractivity contribution in [3.63, 3.8) is 0 Å². The maximum absolute atomic E-state index is 5.84. The summed E-state index contributed by atoms with van der Waals surface area (Å²) in [7, 11) is 0. The Morgan fingerprint density at radius 3 is 1.78 bits per heavy atom. The van der Waals surface area contributed by atoms with Gasteiger partial charge in [-0.05, 0) is 74.5 Å². The minimum Gasteiger partial charge on any atom is -0.494 e. The fraction of sp³-hybridized carbons (Fsp3) is 0.154. The molecule has 0 aliphatic carbocycles. The molecule has 9 nitrogen and oxygen atoms in total. The standard InChI is InChI=1S/C26H24N6O3S/c1-3-33-19-13-9-17(10-14-19)27-23-30-24(28-18-11-15-20(16-12-18)34-4-2)32-25(31-23)36-26-29-21-7-5-6-8-22(21)35-26/h5-16H,3-4H2,1-2H3,(H2,27,28,30,31,32). The van der Waals surface area contributed by atoms with Gasteiger partial charge in [0.05, 0.1) is 13.2 Å². The van der Waals surface area contributed by atoms with Gasteiger partial charge in [0.2, 0.25) is 17.1 Å². The van der Waals surface area contributed by atoms with Gasteiger partial charge in [0, 0.05) is 23.1 Å². The third-order valence-electron chi connectivity index (χ3n) is 4.91. The number of fused-ring (bicyclic) bond motifs is 1. The number of anilines is 4. The van der Waals surface area contributed by atoms with E-state index in [1.165, 1.54) is 11.8 Å². The van der Waals surface area contributed by atoms with Gasteiger partial charge < -0.3 is 24.5 Å². The molecule has 0 bridgehead atoms. The molecule has 2 heterocycles. The highest BCUT2D eigenvalue weighted by molar-refractivity contribution is 7.99. The Morgan fingerprint density at radius 1 is 0.694 bits per heavy atom. The van der Waals surface area contributed by atoms with Crippen LogP contribution in [-0.2, 0) is 0 Å². The third-order valence-corrected chi connectivity index (χ3v) is 5.63. The Labute approximate surface area is 212 Å². The normalized spacial score (nSPS) is 10.8. The number of para-hydroxylation sites is 2. The van der Waals surface area contributed by atoms with Crippen LogP contribution in [0.1, 0.15) is 13.8 Å². The molecule has 0 spiro atoms. The molecule has 0 aliphatic heterocycles. The first-order chi connectivity index (χ1) is 17.7. The van der Waals surface area contributed by atoms with Crippen LogP contribution >= 0.6 is 11.8 Å². The molecule has 0 saturated heterocycles. The summed E-state index contributed by atoms with van der Waals surface area (Å²) in [4.78, 5) is 18.2. The van der Waals surface area contributed by atoms with Crippen LogP contribution < -0.4 is 20.1 Å². The summed E-state index contributed by atoms with van der Waals surface area (Å²) in [5.74, 6) is 2.34. The maximum Gasteiger partial charge on any atom is 0.264 e. The lowest BCUT2D eigenvalue weighted by Crippen LogP contribution is -2.05. The molecule has 0 saturated carbocycles. The maximum atomic E-state index is 5.84. The van der Waals surface area contributed by atoms with Gasteiger partial charge in [-0.1, -0.05) is 12.1 Å². The van der Waals surface area contributed by atoms with Crippen molar-refractivity contribution in [1.82, 2.24) is 19.9 Å². The van der Waals surface area contributed by atoms with Crippen LogP contribution in [0.2, 0.25) is 0 Å². The Bertz CT molecular complexity index is 1340. The fourth-order valence-corrected chi connectivity index (χ4v) is 4.04. The zero-order valence-electron chi connectivity index (χ0n) is 19.8. The van der Waals surface area contributed by atoms with E-state index >= 15 is 0 Å². The van der Waals surface area contributed by atoms with E-state index in [4.69, 9.17) is 13.9 Å². The van der Waals surface area contributed by atoms with E-state index in [9.17, 15) is 0 Å². The Morgan fingerprint density at radius 2 is 1.25 bits per heavy atom. The van der Waals surface area contributed by atoms with E-state index in [0.717, 1.165) is 28.4 Å². The van der Waals surface area contributed by atoms with E-state index in [0.29, 0.717) is 41.1 Å². The topological polar surface area (TPSA) is 107 Å². The third kappa shape index (κ3) is 5.84. The smallest absolute Gasteiger partial charge is 0.264 e. The summed E-state index contributed by atoms with van der Waals surface area (Å²) < 4.78 is 16.9. The fourth-order valence-electron chi connectivity index (χ4n) is 3.35. The molecular weight excluding hydrogens is 476 g/mol. The number of aromatic nitrogens is 4. The van der Waals surface area contributed by atoms with Crippen LogP contribution in [0.4, 0.5) is 23.3 Å². The number of nitrogens with one attached hydrogen (secondary N) is 2. The first-order valence-electron chi connectivity index (χ1n) is 11.5. The van der Waals surface area contributed by atoms with Crippen LogP contribution in [-0.4, -0.2) is 33.1 Å². The number of hydrogen-bond donors (Lipinski definition) is 2. The van der Waals surface area contributed by atoms with Crippen LogP contribution in [0.15, 0.2) is 87.6 Å². The second-order valence-electron chi connectivity index (χ2n) is 7.48. The highest BCUT2D eigenvalue weighted by atomic mass is 32.2. The number of oxazole rings is 1. The molecule has 0 aliphatic rings. The van der Waals surface area contributed by atoms with E-state index in [-0.39, 0.29) is 0 Å². The van der Waals surface area contributed by atoms with E-state index in [1.54, 1.807) is 0 Å². The van der Waals surface area contributed by atoms with E-state index < -0.39 is 0 Å². The van der Waals surface area contributed by atoms with Crippen LogP contribution in [0.5, 0.6) is 11.5 Å². The summed E-state index contributed by atoms with van der Waals surface area (Å²) >= 11 is 1.22. The summed E-state index contributed by atoms with van der Waals surface area (Å²) in [6.45, 7) is 5.12. The zero-order valence-corrected chi connectivity index (χ0v) is 20.6. The lowest BCUT2D eigenvalue weighted by molar-refractivity contribution is 0.340. The van der Waals surface area contributed by atoms with Crippen LogP contribution in [0, 0.1) is 0 Å². The van der Waals surface area contributed by atoms with Gasteiger partial charge in [-0.15, -0.1) is 0 Å². The number of hydrogen-bond acceptors (Lipinski definition) is 10. The number of nitrogens with zero attached hydrogens (tertiary/aromatic N) is 4. The number of ether oxygens (including phenoxy) is 2. The Hall–Kier alpha value is -4.31. The second kappa shape index (κ2) is 11.0. The van der Waals surface area contributed by atoms with E-state index in [1.807, 2.05) is 86.6 Å². The van der Waals surface area contributed by atoms with Crippen molar-refractivity contribution in [3.8, 4) is 11.5 Å². The van der Waals surface area contributed by atoms with Crippen molar-refractivity contribution in [2.45, 2.75) is 24.2 Å². The van der Waals surface area contributed by atoms with Crippen molar-refractivity contribution in [1.29, 1.82) is 0 Å². The van der Waals surface area contributed by atoms with Crippen molar-refractivity contribution in [2.75, 3.05) is 23.8 Å². The summed E-state index contributed by atoms with van der Waals surface area (Å²) in [5.41, 5.74) is 3.10. The van der Waals surface area contributed by atoms with E-state index in [2.05, 4.69) is 30.6 Å². The molecule has 0 atom stereocenters. The molecule has 5 aromatic rings. The molecule has 36 heavy (non-hydrogen) atoms. The summed E-state index contributed by atoms with van der Waals surface area (Å²) in [5, 5.41) is 7.35. The molecule has 0 amide bonds. The molecule has 5 rings (SSSR count). The SMILES string of the molecule is CCOc1ccc(Nc2nc(Nc3ccc(OCC)cc3)nc(Sc3nc4ccccc4o3)n2)cc1. The van der Waals surface area contributed by atoms with Gasteiger partial charge in [0.25, 0.3) is 5.22 Å². The molecule has 0 fully saturated rings. The van der Waals surface area contributed by atoms with Crippen molar-refractivity contribution in [2.24, 2.45) is 0 Å². The molecule has 3 aromatic carbocycles. The highest BCUT2D eigenvalue weighted by Crippen LogP contribution is 2.30. The molecular formula is C26H24N6O3S. The van der Waals surface area contributed by atoms with Crippen molar-refractivity contribution < 1.29 is 13.9 Å². The predicted octanol–water partition coefficient (Wildman–Crippen LogP) is 6.45. The van der Waals surface area contributed by atoms with Gasteiger partial charge >= 0.3 is 0 Å². The highest BCUT2D eigenvalue weighted by Gasteiger charge is 2.13. The monoisotopic (exact) mass is 500 g/mol. The summed E-state index contributed by atoms with van der Waals surface area (Å²) in [6, 6.07) is 22.8. The lowest BCUT2D eigenvalue weighted by atomic mass is 10.3. The first kappa shape index (κ1) is 23.4. The molecule has 182 valence electrons. The van der Waals surface area contributed by atoms with Gasteiger partial charge in [-0.3, -0.25) is 0 Å². The van der Waals surface area contributed by atoms with Gasteiger partial charge in [0.15, 0.2) is 5.58 Å². The molecule has 2 N–H and O–H groups in total. The summed E-state index contributed by atoms with van der Waals surface area (Å²) in [6.07, 6.45) is 0. The molecule has 2 aromatic heterocycles. The predicted molar refractivity (Wildman–Crippen MR) is 140 cm³/mol. The van der Waals surface area contributed by atoms with Crippen LogP contribution in [0.25, 0.3) is 11.1 Å². The average Bonchev–Trinajstić information content (AvgIpc) is 3.29. The van der Waals surface area contributed by atoms with Crippen LogP contribution in [0.3, 0.4) is 0 Å². The lowest BCUT2D eigenvalue weighted by Gasteiger charge is -2.11. The average molecular weight is 501 g/mol. The van der Waals surface area contributed by atoms with Crippen molar-refractivity contribution in [3.05, 3.63) is 72.8 Å². The van der Waals surface area contributed by atoms with Gasteiger partial charge in [-0.25, -0.2) is 4.98 Å². The van der Waals surface area contributed by atoms with Gasteiger partial charge in [-0.2, -0.15) is 15.0 Å². The largest absolute Gasteiger partial charge is 0.494 e. The molecule has 10 heteroatoms. The minimum atomic E-state index is 0.376. The molecule has 0 unspecified atom stereocenters. The van der Waals surface area contributed by atoms with Gasteiger partial charge in [0.1, 0.15) is 17.0 Å².